The van der Waals surface area contributed by atoms with Crippen molar-refractivity contribution in [2.45, 2.75) is 6.54 Å². The van der Waals surface area contributed by atoms with Crippen molar-refractivity contribution < 1.29 is 4.39 Å². The first-order valence-electron chi connectivity index (χ1n) is 4.55. The van der Waals surface area contributed by atoms with Crippen LogP contribution in [0.4, 0.5) is 10.1 Å². The monoisotopic (exact) mass is 310 g/mol. The number of hydrogen-bond acceptors (Lipinski definition) is 3. The molecule has 0 unspecified atom stereocenters. The molecule has 0 bridgehead atoms. The number of nitrogens with one attached hydrogen (secondary N) is 1. The zero-order chi connectivity index (χ0) is 12.4. The van der Waals surface area contributed by atoms with Crippen LogP contribution in [0.25, 0.3) is 0 Å². The fourth-order valence-electron chi connectivity index (χ4n) is 1.24. The van der Waals surface area contributed by atoms with Gasteiger partial charge in [-0.3, -0.25) is 0 Å². The number of anilines is 1. The second-order valence-corrected chi connectivity index (χ2v) is 5.72. The number of thiazole rings is 1. The smallest absolute Gasteiger partial charge is 0.126 e. The molecule has 0 radical (unpaired) electrons. The van der Waals surface area contributed by atoms with Gasteiger partial charge >= 0.3 is 0 Å². The second-order valence-electron chi connectivity index (χ2n) is 3.16. The minimum absolute atomic E-state index is 0.234. The Bertz CT molecular complexity index is 521. The molecule has 7 heteroatoms. The molecule has 2 nitrogen and oxygen atoms in total. The van der Waals surface area contributed by atoms with E-state index in [1.165, 1.54) is 23.5 Å². The first-order valence-corrected chi connectivity index (χ1v) is 6.50. The Morgan fingerprint density at radius 3 is 2.41 bits per heavy atom. The Balaban J connectivity index is 2.14. The van der Waals surface area contributed by atoms with Crippen LogP contribution in [0, 0.1) is 5.82 Å². The van der Waals surface area contributed by atoms with Gasteiger partial charge in [0.15, 0.2) is 0 Å². The van der Waals surface area contributed by atoms with Crippen LogP contribution in [-0.4, -0.2) is 4.98 Å². The van der Waals surface area contributed by atoms with Gasteiger partial charge in [-0.2, -0.15) is 0 Å². The Morgan fingerprint density at radius 2 is 1.88 bits per heavy atom. The summed E-state index contributed by atoms with van der Waals surface area (Å²) in [6.45, 7) is 0.433. The van der Waals surface area contributed by atoms with Crippen LogP contribution in [-0.2, 0) is 6.54 Å². The highest BCUT2D eigenvalue weighted by atomic mass is 35.5. The van der Waals surface area contributed by atoms with Gasteiger partial charge in [-0.25, -0.2) is 9.37 Å². The summed E-state index contributed by atoms with van der Waals surface area (Å²) in [6, 6.07) is 2.40. The van der Waals surface area contributed by atoms with Gasteiger partial charge in [-0.15, -0.1) is 11.3 Å². The van der Waals surface area contributed by atoms with E-state index in [9.17, 15) is 4.39 Å². The van der Waals surface area contributed by atoms with Crippen molar-refractivity contribution in [2.75, 3.05) is 5.32 Å². The summed E-state index contributed by atoms with van der Waals surface area (Å²) >= 11 is 18.9. The van der Waals surface area contributed by atoms with E-state index in [4.69, 9.17) is 34.8 Å². The number of rotatable bonds is 3. The lowest BCUT2D eigenvalue weighted by Crippen LogP contribution is -2.00. The highest BCUT2D eigenvalue weighted by Gasteiger charge is 2.09. The molecule has 0 saturated heterocycles. The minimum atomic E-state index is -0.470. The Kier molecular flexibility index (Phi) is 4.09. The molecular formula is C10H6Cl3FN2S. The summed E-state index contributed by atoms with van der Waals surface area (Å²) in [5.74, 6) is -0.470. The lowest BCUT2D eigenvalue weighted by atomic mass is 10.3. The van der Waals surface area contributed by atoms with Gasteiger partial charge in [0.1, 0.15) is 15.2 Å². The molecule has 0 fully saturated rings. The number of aromatic nitrogens is 1. The van der Waals surface area contributed by atoms with Crippen LogP contribution >= 0.6 is 46.1 Å². The van der Waals surface area contributed by atoms with Crippen molar-refractivity contribution in [3.8, 4) is 0 Å². The van der Waals surface area contributed by atoms with E-state index in [2.05, 4.69) is 10.3 Å². The van der Waals surface area contributed by atoms with Crippen LogP contribution < -0.4 is 5.32 Å². The van der Waals surface area contributed by atoms with E-state index < -0.39 is 5.82 Å². The van der Waals surface area contributed by atoms with Crippen molar-refractivity contribution in [1.29, 1.82) is 0 Å². The van der Waals surface area contributed by atoms with E-state index in [1.807, 2.05) is 0 Å². The summed E-state index contributed by atoms with van der Waals surface area (Å²) in [5, 5.41) is 4.26. The molecule has 0 atom stereocenters. The van der Waals surface area contributed by atoms with Crippen LogP contribution in [0.5, 0.6) is 0 Å². The maximum absolute atomic E-state index is 13.0. The Labute approximate surface area is 116 Å². The first kappa shape index (κ1) is 12.9. The van der Waals surface area contributed by atoms with Crippen LogP contribution in [0.15, 0.2) is 18.3 Å². The van der Waals surface area contributed by atoms with Gasteiger partial charge in [0.2, 0.25) is 0 Å². The molecule has 1 aromatic carbocycles. The zero-order valence-corrected chi connectivity index (χ0v) is 11.4. The molecule has 2 aromatic rings. The van der Waals surface area contributed by atoms with Gasteiger partial charge in [0, 0.05) is 0 Å². The van der Waals surface area contributed by atoms with Gasteiger partial charge in [-0.05, 0) is 12.1 Å². The van der Waals surface area contributed by atoms with Crippen molar-refractivity contribution in [3.05, 3.63) is 43.5 Å². The maximum atomic E-state index is 13.0. The highest BCUT2D eigenvalue weighted by Crippen LogP contribution is 2.32. The largest absolute Gasteiger partial charge is 0.376 e. The number of hydrogen-bond donors (Lipinski definition) is 1. The molecule has 0 spiro atoms. The Hall–Kier alpha value is -0.550. The highest BCUT2D eigenvalue weighted by molar-refractivity contribution is 7.15. The maximum Gasteiger partial charge on any atom is 0.126 e. The molecule has 2 rings (SSSR count). The third kappa shape index (κ3) is 3.22. The summed E-state index contributed by atoms with van der Waals surface area (Å²) in [7, 11) is 0. The SMILES string of the molecule is Fc1cc(Cl)c(NCc2ncc(Cl)s2)c(Cl)c1. The summed E-state index contributed by atoms with van der Waals surface area (Å²) < 4.78 is 13.6. The van der Waals surface area contributed by atoms with Crippen LogP contribution in [0.3, 0.4) is 0 Å². The van der Waals surface area contributed by atoms with Crippen LogP contribution in [0.2, 0.25) is 14.4 Å². The zero-order valence-electron chi connectivity index (χ0n) is 8.31. The molecule has 0 amide bonds. The van der Waals surface area contributed by atoms with Crippen molar-refractivity contribution >= 4 is 51.8 Å². The molecular weight excluding hydrogens is 306 g/mol. The van der Waals surface area contributed by atoms with Gasteiger partial charge in [-0.1, -0.05) is 34.8 Å². The minimum Gasteiger partial charge on any atom is -0.376 e. The lowest BCUT2D eigenvalue weighted by molar-refractivity contribution is 0.628. The first-order chi connectivity index (χ1) is 8.06. The molecule has 0 aliphatic heterocycles. The molecule has 0 saturated carbocycles. The van der Waals surface area contributed by atoms with Crippen molar-refractivity contribution in [2.24, 2.45) is 0 Å². The molecule has 90 valence electrons. The molecule has 1 heterocycles. The van der Waals surface area contributed by atoms with E-state index in [0.717, 1.165) is 5.01 Å². The average Bonchev–Trinajstić information content (AvgIpc) is 2.62. The quantitative estimate of drug-likeness (QED) is 0.876. The second kappa shape index (κ2) is 5.40. The van der Waals surface area contributed by atoms with Gasteiger partial charge < -0.3 is 5.32 Å². The average molecular weight is 312 g/mol. The topological polar surface area (TPSA) is 24.9 Å². The lowest BCUT2D eigenvalue weighted by Gasteiger charge is -2.08. The molecule has 0 aliphatic rings. The van der Waals surface area contributed by atoms with E-state index in [1.54, 1.807) is 6.20 Å². The number of benzene rings is 1. The Morgan fingerprint density at radius 1 is 1.24 bits per heavy atom. The third-order valence-corrected chi connectivity index (χ3v) is 3.66. The summed E-state index contributed by atoms with van der Waals surface area (Å²) in [4.78, 5) is 4.07. The molecule has 1 N–H and O–H groups in total. The molecule has 0 aliphatic carbocycles. The van der Waals surface area contributed by atoms with E-state index >= 15 is 0 Å². The van der Waals surface area contributed by atoms with E-state index in [-0.39, 0.29) is 10.0 Å². The fourth-order valence-corrected chi connectivity index (χ4v) is 2.74. The van der Waals surface area contributed by atoms with Gasteiger partial charge in [0.25, 0.3) is 0 Å². The van der Waals surface area contributed by atoms with Crippen molar-refractivity contribution in [3.63, 3.8) is 0 Å². The molecule has 17 heavy (non-hydrogen) atoms. The summed E-state index contributed by atoms with van der Waals surface area (Å²) in [5.41, 5.74) is 0.487. The summed E-state index contributed by atoms with van der Waals surface area (Å²) in [6.07, 6.45) is 1.57. The third-order valence-electron chi connectivity index (χ3n) is 1.95. The fraction of sp³-hybridized carbons (Fsp3) is 0.100. The number of nitrogens with zero attached hydrogens (tertiary/aromatic N) is 1. The van der Waals surface area contributed by atoms with E-state index in [0.29, 0.717) is 16.6 Å². The van der Waals surface area contributed by atoms with Crippen molar-refractivity contribution in [1.82, 2.24) is 4.98 Å². The predicted octanol–water partition coefficient (Wildman–Crippen LogP) is 4.85. The predicted molar refractivity (Wildman–Crippen MR) is 70.9 cm³/mol. The van der Waals surface area contributed by atoms with Crippen LogP contribution in [0.1, 0.15) is 5.01 Å². The number of halogens is 4. The van der Waals surface area contributed by atoms with Gasteiger partial charge in [0.05, 0.1) is 28.5 Å². The standard InChI is InChI=1S/C10H6Cl3FN2S/c11-6-1-5(14)2-7(12)10(6)16-4-9-15-3-8(13)17-9/h1-3,16H,4H2. The normalized spacial score (nSPS) is 10.6. The molecule has 1 aromatic heterocycles.